The standard InChI is InChI=1S/C24H37N7O/c1-29(2)23(32)19-27-24(25-15-9-16-30(3)21-10-5-4-6-11-21)26-18-20-14-17-31(28-20)22-12-7-8-13-22/h4-6,10-11,14,17,22H,7-9,12-13,15-16,18-19H2,1-3H3,(H2,25,26,27). The number of likely N-dealkylation sites (N-methyl/N-ethyl adjacent to an activating group) is 1. The van der Waals surface area contributed by atoms with Gasteiger partial charge < -0.3 is 20.4 Å². The summed E-state index contributed by atoms with van der Waals surface area (Å²) < 4.78 is 2.09. The lowest BCUT2D eigenvalue weighted by atomic mass is 10.3. The Morgan fingerprint density at radius 2 is 1.88 bits per heavy atom. The molecule has 0 aliphatic heterocycles. The minimum Gasteiger partial charge on any atom is -0.375 e. The SMILES string of the molecule is CN(C)C(=O)CNC(=NCc1ccn(C2CCCC2)n1)NCCCN(C)c1ccccc1. The first-order chi connectivity index (χ1) is 15.5. The van der Waals surface area contributed by atoms with E-state index in [9.17, 15) is 4.79 Å². The molecule has 1 amide bonds. The first-order valence-corrected chi connectivity index (χ1v) is 11.6. The Morgan fingerprint density at radius 1 is 1.12 bits per heavy atom. The van der Waals surface area contributed by atoms with Crippen LogP contribution in [0.25, 0.3) is 0 Å². The lowest BCUT2D eigenvalue weighted by Crippen LogP contribution is -2.43. The summed E-state index contributed by atoms with van der Waals surface area (Å²) in [6, 6.07) is 12.9. The molecule has 0 radical (unpaired) electrons. The molecule has 8 nitrogen and oxygen atoms in total. The lowest BCUT2D eigenvalue weighted by Gasteiger charge is -2.20. The van der Waals surface area contributed by atoms with Crippen molar-refractivity contribution in [2.45, 2.75) is 44.7 Å². The summed E-state index contributed by atoms with van der Waals surface area (Å²) in [4.78, 5) is 20.5. The number of aromatic nitrogens is 2. The van der Waals surface area contributed by atoms with Gasteiger partial charge in [0.2, 0.25) is 5.91 Å². The van der Waals surface area contributed by atoms with Gasteiger partial charge >= 0.3 is 0 Å². The lowest BCUT2D eigenvalue weighted by molar-refractivity contribution is -0.127. The minimum absolute atomic E-state index is 0.00817. The molecule has 1 aliphatic carbocycles. The quantitative estimate of drug-likeness (QED) is 0.338. The van der Waals surface area contributed by atoms with Crippen molar-refractivity contribution in [1.29, 1.82) is 0 Å². The molecule has 1 aromatic heterocycles. The van der Waals surface area contributed by atoms with Crippen molar-refractivity contribution in [1.82, 2.24) is 25.3 Å². The van der Waals surface area contributed by atoms with E-state index in [4.69, 9.17) is 5.10 Å². The molecule has 3 rings (SSSR count). The number of carbonyl (C=O) groups is 1. The van der Waals surface area contributed by atoms with Crippen molar-refractivity contribution < 1.29 is 4.79 Å². The van der Waals surface area contributed by atoms with Gasteiger partial charge in [-0.3, -0.25) is 9.48 Å². The maximum absolute atomic E-state index is 12.0. The van der Waals surface area contributed by atoms with Crippen LogP contribution in [0.15, 0.2) is 47.6 Å². The van der Waals surface area contributed by atoms with E-state index in [0.717, 1.165) is 25.2 Å². The second-order valence-corrected chi connectivity index (χ2v) is 8.57. The van der Waals surface area contributed by atoms with Gasteiger partial charge in [0.05, 0.1) is 24.8 Å². The van der Waals surface area contributed by atoms with Gasteiger partial charge in [-0.1, -0.05) is 31.0 Å². The van der Waals surface area contributed by atoms with E-state index in [1.165, 1.54) is 31.4 Å². The Balaban J connectivity index is 1.51. The van der Waals surface area contributed by atoms with Crippen molar-refractivity contribution in [3.8, 4) is 0 Å². The maximum Gasteiger partial charge on any atom is 0.241 e. The van der Waals surface area contributed by atoms with Gasteiger partial charge in [-0.2, -0.15) is 5.10 Å². The Bertz CT molecular complexity index is 856. The number of para-hydroxylation sites is 1. The van der Waals surface area contributed by atoms with E-state index in [-0.39, 0.29) is 12.5 Å². The largest absolute Gasteiger partial charge is 0.375 e. The third kappa shape index (κ3) is 7.28. The van der Waals surface area contributed by atoms with Gasteiger partial charge in [0, 0.05) is 46.1 Å². The number of rotatable bonds is 10. The second-order valence-electron chi connectivity index (χ2n) is 8.57. The number of nitrogens with one attached hydrogen (secondary N) is 2. The summed E-state index contributed by atoms with van der Waals surface area (Å²) in [6.07, 6.45) is 8.01. The number of carbonyl (C=O) groups excluding carboxylic acids is 1. The Morgan fingerprint density at radius 3 is 2.59 bits per heavy atom. The highest BCUT2D eigenvalue weighted by Gasteiger charge is 2.17. The molecule has 0 unspecified atom stereocenters. The summed E-state index contributed by atoms with van der Waals surface area (Å²) in [5, 5.41) is 11.2. The van der Waals surface area contributed by atoms with Crippen LogP contribution in [0.2, 0.25) is 0 Å². The molecule has 2 N–H and O–H groups in total. The molecule has 1 saturated carbocycles. The van der Waals surface area contributed by atoms with Crippen LogP contribution in [-0.2, 0) is 11.3 Å². The van der Waals surface area contributed by atoms with Crippen molar-refractivity contribution >= 4 is 17.6 Å². The van der Waals surface area contributed by atoms with Gasteiger partial charge in [0.15, 0.2) is 5.96 Å². The molecule has 1 heterocycles. The number of hydrogen-bond donors (Lipinski definition) is 2. The van der Waals surface area contributed by atoms with E-state index in [1.54, 1.807) is 19.0 Å². The zero-order chi connectivity index (χ0) is 22.8. The van der Waals surface area contributed by atoms with E-state index >= 15 is 0 Å². The third-order valence-electron chi connectivity index (χ3n) is 5.83. The Labute approximate surface area is 191 Å². The van der Waals surface area contributed by atoms with Gasteiger partial charge in [0.25, 0.3) is 0 Å². The summed E-state index contributed by atoms with van der Waals surface area (Å²) in [7, 11) is 5.60. The predicted octanol–water partition coefficient (Wildman–Crippen LogP) is 2.65. The van der Waals surface area contributed by atoms with Crippen LogP contribution in [0.5, 0.6) is 0 Å². The number of amides is 1. The number of aliphatic imine (C=N–C) groups is 1. The highest BCUT2D eigenvalue weighted by Crippen LogP contribution is 2.28. The Kier molecular flexibility index (Phi) is 8.95. The smallest absolute Gasteiger partial charge is 0.241 e. The molecule has 1 aliphatic rings. The number of nitrogens with zero attached hydrogens (tertiary/aromatic N) is 5. The van der Waals surface area contributed by atoms with Gasteiger partial charge in [0.1, 0.15) is 0 Å². The van der Waals surface area contributed by atoms with Crippen LogP contribution < -0.4 is 15.5 Å². The van der Waals surface area contributed by atoms with Crippen LogP contribution in [0.3, 0.4) is 0 Å². The second kappa shape index (κ2) is 12.1. The normalized spacial score (nSPS) is 14.4. The zero-order valence-corrected chi connectivity index (χ0v) is 19.6. The first-order valence-electron chi connectivity index (χ1n) is 11.6. The maximum atomic E-state index is 12.0. The molecule has 174 valence electrons. The monoisotopic (exact) mass is 439 g/mol. The van der Waals surface area contributed by atoms with Crippen molar-refractivity contribution in [3.63, 3.8) is 0 Å². The molecule has 2 aromatic rings. The molecule has 1 aromatic carbocycles. The average Bonchev–Trinajstić information content (AvgIpc) is 3.50. The van der Waals surface area contributed by atoms with Gasteiger partial charge in [-0.05, 0) is 37.5 Å². The van der Waals surface area contributed by atoms with E-state index < -0.39 is 0 Å². The van der Waals surface area contributed by atoms with Crippen LogP contribution >= 0.6 is 0 Å². The molecule has 8 heteroatoms. The molecule has 32 heavy (non-hydrogen) atoms. The predicted molar refractivity (Wildman–Crippen MR) is 130 cm³/mol. The van der Waals surface area contributed by atoms with Crippen molar-refractivity contribution in [2.24, 2.45) is 4.99 Å². The molecule has 0 atom stereocenters. The first kappa shape index (κ1) is 23.6. The molecule has 1 fully saturated rings. The molecule has 0 bridgehead atoms. The average molecular weight is 440 g/mol. The fourth-order valence-electron chi connectivity index (χ4n) is 3.82. The zero-order valence-electron chi connectivity index (χ0n) is 19.6. The molecular weight excluding hydrogens is 402 g/mol. The summed E-state index contributed by atoms with van der Waals surface area (Å²) in [5.41, 5.74) is 2.15. The van der Waals surface area contributed by atoms with Crippen LogP contribution in [0.4, 0.5) is 5.69 Å². The Hall–Kier alpha value is -3.03. The van der Waals surface area contributed by atoms with Crippen LogP contribution in [0, 0.1) is 0 Å². The van der Waals surface area contributed by atoms with E-state index in [0.29, 0.717) is 18.5 Å². The summed E-state index contributed by atoms with van der Waals surface area (Å²) in [5.74, 6) is 0.645. The highest BCUT2D eigenvalue weighted by molar-refractivity contribution is 5.86. The summed E-state index contributed by atoms with van der Waals surface area (Å²) >= 11 is 0. The molecule has 0 spiro atoms. The van der Waals surface area contributed by atoms with Crippen LogP contribution in [0.1, 0.15) is 43.8 Å². The van der Waals surface area contributed by atoms with Gasteiger partial charge in [-0.15, -0.1) is 0 Å². The highest BCUT2D eigenvalue weighted by atomic mass is 16.2. The number of hydrogen-bond acceptors (Lipinski definition) is 4. The molecule has 0 saturated heterocycles. The number of benzene rings is 1. The topological polar surface area (TPSA) is 77.8 Å². The van der Waals surface area contributed by atoms with Crippen molar-refractivity contribution in [3.05, 3.63) is 48.3 Å². The van der Waals surface area contributed by atoms with E-state index in [2.05, 4.69) is 62.7 Å². The van der Waals surface area contributed by atoms with E-state index in [1.807, 2.05) is 12.1 Å². The minimum atomic E-state index is 0.00817. The fourth-order valence-corrected chi connectivity index (χ4v) is 3.82. The van der Waals surface area contributed by atoms with Gasteiger partial charge in [-0.25, -0.2) is 4.99 Å². The fraction of sp³-hybridized carbons (Fsp3) is 0.542. The summed E-state index contributed by atoms with van der Waals surface area (Å²) in [6.45, 7) is 2.37. The third-order valence-corrected chi connectivity index (χ3v) is 5.83. The number of anilines is 1. The van der Waals surface area contributed by atoms with Crippen molar-refractivity contribution in [2.75, 3.05) is 45.7 Å². The van der Waals surface area contributed by atoms with Crippen LogP contribution in [-0.4, -0.2) is 67.3 Å². The molecular formula is C24H37N7O. The number of guanidine groups is 1.